The molecule has 0 radical (unpaired) electrons. The molecule has 17 atom stereocenters. The monoisotopic (exact) mass is 1220 g/mol. The second-order valence-electron chi connectivity index (χ2n) is 24.6. The summed E-state index contributed by atoms with van der Waals surface area (Å²) in [7, 11) is 0. The SMILES string of the molecule is CCCCCCCCCC/C=C\CCCCCCCCCCCCCCCCCCCC(=O)NC(COC1OC(CO)C(OC2OC(CO)C(OC3OC(CO)C(O)C(O)C3O)C(O)C2O)C(O)C1O)C(O)/C=C/CCCCCCCCCCC. The molecular weight excluding hydrogens is 1090 g/mol. The fourth-order valence-electron chi connectivity index (χ4n) is 11.7. The molecule has 0 aromatic rings. The van der Waals surface area contributed by atoms with Crippen LogP contribution in [0, 0.1) is 0 Å². The van der Waals surface area contributed by atoms with Crippen molar-refractivity contribution in [2.45, 2.75) is 362 Å². The minimum absolute atomic E-state index is 0.247. The number of aliphatic hydroxyl groups is 11. The average molecular weight is 1220 g/mol. The zero-order valence-corrected chi connectivity index (χ0v) is 52.6. The maximum atomic E-state index is 13.4. The van der Waals surface area contributed by atoms with Crippen LogP contribution in [0.3, 0.4) is 0 Å². The van der Waals surface area contributed by atoms with Crippen LogP contribution in [0.4, 0.5) is 0 Å². The summed E-state index contributed by atoms with van der Waals surface area (Å²) in [6.45, 7) is 1.72. The number of rotatable bonds is 52. The summed E-state index contributed by atoms with van der Waals surface area (Å²) in [6, 6.07) is -0.969. The predicted octanol–water partition coefficient (Wildman–Crippen LogP) is 8.27. The van der Waals surface area contributed by atoms with E-state index in [1.54, 1.807) is 6.08 Å². The maximum absolute atomic E-state index is 13.4. The second kappa shape index (κ2) is 49.0. The van der Waals surface area contributed by atoms with Crippen LogP contribution in [0.5, 0.6) is 0 Å². The van der Waals surface area contributed by atoms with Crippen molar-refractivity contribution in [2.24, 2.45) is 0 Å². The van der Waals surface area contributed by atoms with Crippen molar-refractivity contribution in [1.29, 1.82) is 0 Å². The van der Waals surface area contributed by atoms with E-state index >= 15 is 0 Å². The molecule has 0 aromatic heterocycles. The Kier molecular flexibility index (Phi) is 44.7. The molecule has 3 aliphatic rings. The van der Waals surface area contributed by atoms with E-state index in [-0.39, 0.29) is 18.9 Å². The molecule has 500 valence electrons. The molecule has 19 nitrogen and oxygen atoms in total. The van der Waals surface area contributed by atoms with Crippen molar-refractivity contribution < 1.29 is 89.4 Å². The van der Waals surface area contributed by atoms with Gasteiger partial charge in [-0.1, -0.05) is 231 Å². The summed E-state index contributed by atoms with van der Waals surface area (Å²) in [4.78, 5) is 13.4. The number of carbonyl (C=O) groups excluding carboxylic acids is 1. The summed E-state index contributed by atoms with van der Waals surface area (Å²) < 4.78 is 34.3. The van der Waals surface area contributed by atoms with Gasteiger partial charge in [-0.05, 0) is 44.9 Å². The van der Waals surface area contributed by atoms with Gasteiger partial charge in [-0.3, -0.25) is 4.79 Å². The minimum atomic E-state index is -1.98. The van der Waals surface area contributed by atoms with Gasteiger partial charge in [0.25, 0.3) is 0 Å². The highest BCUT2D eigenvalue weighted by atomic mass is 16.8. The first-order valence-electron chi connectivity index (χ1n) is 34.1. The number of ether oxygens (including phenoxy) is 6. The third-order valence-electron chi connectivity index (χ3n) is 17.2. The zero-order valence-electron chi connectivity index (χ0n) is 52.6. The highest BCUT2D eigenvalue weighted by Gasteiger charge is 2.53. The van der Waals surface area contributed by atoms with Crippen LogP contribution in [-0.2, 0) is 33.2 Å². The van der Waals surface area contributed by atoms with E-state index < -0.39 is 124 Å². The zero-order chi connectivity index (χ0) is 61.9. The van der Waals surface area contributed by atoms with E-state index in [0.717, 1.165) is 44.9 Å². The minimum Gasteiger partial charge on any atom is -0.394 e. The van der Waals surface area contributed by atoms with Crippen LogP contribution in [0.1, 0.15) is 258 Å². The van der Waals surface area contributed by atoms with E-state index in [2.05, 4.69) is 31.3 Å². The first kappa shape index (κ1) is 77.5. The van der Waals surface area contributed by atoms with Gasteiger partial charge in [-0.2, -0.15) is 0 Å². The summed E-state index contributed by atoms with van der Waals surface area (Å²) in [5, 5.41) is 120. The fourth-order valence-corrected chi connectivity index (χ4v) is 11.7. The number of aliphatic hydroxyl groups excluding tert-OH is 11. The molecule has 12 N–H and O–H groups in total. The summed E-state index contributed by atoms with van der Waals surface area (Å²) in [5.74, 6) is -0.273. The molecule has 3 rings (SSSR count). The lowest BCUT2D eigenvalue weighted by atomic mass is 9.96. The Hall–Kier alpha value is -1.73. The lowest BCUT2D eigenvalue weighted by Gasteiger charge is -2.48. The molecule has 0 bridgehead atoms. The Morgan fingerprint density at radius 1 is 0.412 bits per heavy atom. The first-order valence-corrected chi connectivity index (χ1v) is 34.1. The molecule has 17 unspecified atom stereocenters. The smallest absolute Gasteiger partial charge is 0.220 e. The fraction of sp³-hybridized carbons (Fsp3) is 0.924. The molecule has 0 aromatic carbocycles. The van der Waals surface area contributed by atoms with Gasteiger partial charge in [0.1, 0.15) is 73.2 Å². The number of amides is 1. The van der Waals surface area contributed by atoms with Gasteiger partial charge in [0, 0.05) is 6.42 Å². The van der Waals surface area contributed by atoms with E-state index in [4.69, 9.17) is 28.4 Å². The third kappa shape index (κ3) is 31.7. The van der Waals surface area contributed by atoms with Crippen LogP contribution < -0.4 is 5.32 Å². The lowest BCUT2D eigenvalue weighted by Crippen LogP contribution is -2.66. The van der Waals surface area contributed by atoms with Crippen molar-refractivity contribution >= 4 is 5.91 Å². The molecule has 3 heterocycles. The Balaban J connectivity index is 1.37. The van der Waals surface area contributed by atoms with E-state index in [1.165, 1.54) is 186 Å². The Morgan fingerprint density at radius 2 is 0.741 bits per heavy atom. The van der Waals surface area contributed by atoms with Crippen molar-refractivity contribution in [3.05, 3.63) is 24.3 Å². The number of hydrogen-bond acceptors (Lipinski definition) is 18. The number of nitrogens with one attached hydrogen (secondary N) is 1. The van der Waals surface area contributed by atoms with E-state index in [0.29, 0.717) is 6.42 Å². The van der Waals surface area contributed by atoms with Crippen molar-refractivity contribution in [1.82, 2.24) is 5.32 Å². The van der Waals surface area contributed by atoms with Gasteiger partial charge in [-0.25, -0.2) is 0 Å². The molecule has 0 aliphatic carbocycles. The quantitative estimate of drug-likeness (QED) is 0.0201. The Morgan fingerprint density at radius 3 is 1.14 bits per heavy atom. The number of allylic oxidation sites excluding steroid dienone is 3. The maximum Gasteiger partial charge on any atom is 0.220 e. The van der Waals surface area contributed by atoms with Crippen LogP contribution in [-0.4, -0.2) is 193 Å². The highest BCUT2D eigenvalue weighted by molar-refractivity contribution is 5.76. The normalized spacial score (nSPS) is 29.1. The van der Waals surface area contributed by atoms with Crippen LogP contribution in [0.15, 0.2) is 24.3 Å². The standard InChI is InChI=1S/C66H123NO18/c1-3-5-7-9-11-13-15-16-17-18-19-20-21-22-23-24-25-26-27-28-29-30-31-32-34-36-38-40-42-44-54(72)67-49(50(71)43-41-39-37-35-33-14-12-10-8-6-4-2)48-80-64-60(78)57(75)62(52(46-69)82-64)85-66-61(79)58(76)63(53(47-70)83-66)84-65-59(77)56(74)55(73)51(45-68)81-65/h18-19,41,43,49-53,55-66,68-71,73-79H,3-17,20-40,42,44-48H2,1-2H3,(H,67,72)/b19-18-,43-41+. The average Bonchev–Trinajstić information content (AvgIpc) is 3.05. The lowest BCUT2D eigenvalue weighted by molar-refractivity contribution is -0.379. The first-order chi connectivity index (χ1) is 41.3. The van der Waals surface area contributed by atoms with Crippen molar-refractivity contribution in [2.75, 3.05) is 26.4 Å². The van der Waals surface area contributed by atoms with Gasteiger partial charge >= 0.3 is 0 Å². The summed E-state index contributed by atoms with van der Waals surface area (Å²) in [6.07, 6.45) is 27.5. The second-order valence-corrected chi connectivity index (χ2v) is 24.6. The predicted molar refractivity (Wildman–Crippen MR) is 328 cm³/mol. The van der Waals surface area contributed by atoms with E-state index in [1.807, 2.05) is 6.08 Å². The van der Waals surface area contributed by atoms with Gasteiger partial charge in [0.05, 0.1) is 38.6 Å². The van der Waals surface area contributed by atoms with Crippen molar-refractivity contribution in [3.63, 3.8) is 0 Å². The van der Waals surface area contributed by atoms with Gasteiger partial charge in [0.2, 0.25) is 5.91 Å². The summed E-state index contributed by atoms with van der Waals surface area (Å²) >= 11 is 0. The van der Waals surface area contributed by atoms with Crippen LogP contribution in [0.25, 0.3) is 0 Å². The summed E-state index contributed by atoms with van der Waals surface area (Å²) in [5.41, 5.74) is 0. The number of unbranched alkanes of at least 4 members (excludes halogenated alkanes) is 34. The molecule has 1 amide bonds. The van der Waals surface area contributed by atoms with Gasteiger partial charge in [-0.15, -0.1) is 0 Å². The largest absolute Gasteiger partial charge is 0.394 e. The van der Waals surface area contributed by atoms with E-state index in [9.17, 15) is 61.0 Å². The molecule has 0 spiro atoms. The molecular formula is C66H123NO18. The third-order valence-corrected chi connectivity index (χ3v) is 17.2. The Labute approximate surface area is 511 Å². The van der Waals surface area contributed by atoms with Gasteiger partial charge < -0.3 is 89.9 Å². The highest BCUT2D eigenvalue weighted by Crippen LogP contribution is 2.33. The number of hydrogen-bond donors (Lipinski definition) is 12. The molecule has 19 heteroatoms. The number of carbonyl (C=O) groups is 1. The topological polar surface area (TPSA) is 307 Å². The molecule has 3 fully saturated rings. The Bertz CT molecular complexity index is 1640. The van der Waals surface area contributed by atoms with Crippen LogP contribution >= 0.6 is 0 Å². The van der Waals surface area contributed by atoms with Crippen molar-refractivity contribution in [3.8, 4) is 0 Å². The molecule has 3 aliphatic heterocycles. The molecule has 0 saturated carbocycles. The molecule has 3 saturated heterocycles. The van der Waals surface area contributed by atoms with Crippen LogP contribution in [0.2, 0.25) is 0 Å². The molecule has 85 heavy (non-hydrogen) atoms. The van der Waals surface area contributed by atoms with Gasteiger partial charge in [0.15, 0.2) is 18.9 Å².